The Morgan fingerprint density at radius 2 is 1.88 bits per heavy atom. The summed E-state index contributed by atoms with van der Waals surface area (Å²) >= 11 is 0. The number of nitrogens with two attached hydrogens (primary N) is 1. The Kier molecular flexibility index (Phi) is 4.83. The molecule has 0 radical (unpaired) electrons. The van der Waals surface area contributed by atoms with Crippen LogP contribution in [-0.4, -0.2) is 30.3 Å². The van der Waals surface area contributed by atoms with Crippen LogP contribution in [0.4, 0.5) is 0 Å². The van der Waals surface area contributed by atoms with E-state index in [-0.39, 0.29) is 17.0 Å². The van der Waals surface area contributed by atoms with E-state index in [1.807, 2.05) is 0 Å². The molecule has 0 fully saturated rings. The zero-order valence-electron chi connectivity index (χ0n) is 13.6. The predicted molar refractivity (Wildman–Crippen MR) is 95.3 cm³/mol. The molecule has 26 heavy (non-hydrogen) atoms. The molecular weight excluding hydrogens is 356 g/mol. The van der Waals surface area contributed by atoms with Gasteiger partial charge in [-0.1, -0.05) is 18.2 Å². The lowest BCUT2D eigenvalue weighted by molar-refractivity contribution is 0.0952. The van der Waals surface area contributed by atoms with E-state index in [1.165, 1.54) is 22.7 Å². The lowest BCUT2D eigenvalue weighted by atomic mass is 10.1. The first-order valence-corrected chi connectivity index (χ1v) is 9.27. The molecule has 1 amide bonds. The van der Waals surface area contributed by atoms with Gasteiger partial charge in [-0.2, -0.15) is 0 Å². The summed E-state index contributed by atoms with van der Waals surface area (Å²) in [5.74, 6) is -0.512. The summed E-state index contributed by atoms with van der Waals surface area (Å²) in [4.78, 5) is 28.7. The minimum absolute atomic E-state index is 0.0283. The van der Waals surface area contributed by atoms with Crippen molar-refractivity contribution in [1.29, 1.82) is 0 Å². The highest BCUT2D eigenvalue weighted by atomic mass is 32.2. The van der Waals surface area contributed by atoms with Gasteiger partial charge in [-0.05, 0) is 36.2 Å². The molecule has 0 atom stereocenters. The Bertz CT molecular complexity index is 1120. The number of fused-ring (bicyclic) bond motifs is 1. The molecule has 0 saturated carbocycles. The van der Waals surface area contributed by atoms with Gasteiger partial charge in [-0.25, -0.2) is 18.5 Å². The average molecular weight is 372 g/mol. The largest absolute Gasteiger partial charge is 0.351 e. The molecule has 0 aliphatic heterocycles. The minimum atomic E-state index is -3.73. The number of rotatable bonds is 5. The van der Waals surface area contributed by atoms with Crippen molar-refractivity contribution in [3.05, 3.63) is 76.3 Å². The molecule has 1 aromatic carbocycles. The lowest BCUT2D eigenvalue weighted by Gasteiger charge is -2.07. The molecule has 3 aromatic rings. The molecule has 3 N–H and O–H groups in total. The quantitative estimate of drug-likeness (QED) is 0.667. The minimum Gasteiger partial charge on any atom is -0.351 e. The number of nitrogens with one attached hydrogen (secondary N) is 1. The monoisotopic (exact) mass is 372 g/mol. The van der Waals surface area contributed by atoms with Crippen molar-refractivity contribution in [2.24, 2.45) is 5.14 Å². The fourth-order valence-corrected chi connectivity index (χ4v) is 2.96. The third-order valence-electron chi connectivity index (χ3n) is 3.81. The number of primary sulfonamides is 1. The number of amides is 1. The van der Waals surface area contributed by atoms with Gasteiger partial charge in [0, 0.05) is 18.9 Å². The highest BCUT2D eigenvalue weighted by molar-refractivity contribution is 7.89. The summed E-state index contributed by atoms with van der Waals surface area (Å²) < 4.78 is 23.7. The third kappa shape index (κ3) is 3.79. The molecule has 2 heterocycles. The van der Waals surface area contributed by atoms with Crippen molar-refractivity contribution in [3.63, 3.8) is 0 Å². The highest BCUT2D eigenvalue weighted by Crippen LogP contribution is 2.09. The number of carbonyl (C=O) groups is 1. The first-order chi connectivity index (χ1) is 12.4. The van der Waals surface area contributed by atoms with Gasteiger partial charge < -0.3 is 5.32 Å². The van der Waals surface area contributed by atoms with Crippen molar-refractivity contribution in [1.82, 2.24) is 14.7 Å². The van der Waals surface area contributed by atoms with Crippen LogP contribution in [0.25, 0.3) is 5.65 Å². The van der Waals surface area contributed by atoms with E-state index in [4.69, 9.17) is 5.14 Å². The number of nitrogens with zero attached hydrogens (tertiary/aromatic N) is 2. The van der Waals surface area contributed by atoms with Crippen molar-refractivity contribution in [2.45, 2.75) is 11.3 Å². The van der Waals surface area contributed by atoms with E-state index >= 15 is 0 Å². The summed E-state index contributed by atoms with van der Waals surface area (Å²) in [6, 6.07) is 11.2. The predicted octanol–water partition coefficient (Wildman–Crippen LogP) is 0.314. The van der Waals surface area contributed by atoms with Gasteiger partial charge in [0.2, 0.25) is 10.0 Å². The molecule has 0 aliphatic rings. The maximum absolute atomic E-state index is 12.3. The van der Waals surface area contributed by atoms with Gasteiger partial charge in [-0.15, -0.1) is 0 Å². The van der Waals surface area contributed by atoms with Gasteiger partial charge in [0.25, 0.3) is 11.5 Å². The van der Waals surface area contributed by atoms with Crippen LogP contribution in [0.3, 0.4) is 0 Å². The molecule has 9 heteroatoms. The number of pyridine rings is 1. The van der Waals surface area contributed by atoms with E-state index < -0.39 is 21.5 Å². The smallest absolute Gasteiger partial charge is 0.270 e. The molecule has 134 valence electrons. The number of sulfonamides is 1. The molecule has 0 unspecified atom stereocenters. The molecular formula is C17H16N4O4S. The number of benzene rings is 1. The number of hydrogen-bond donors (Lipinski definition) is 2. The van der Waals surface area contributed by atoms with E-state index in [0.29, 0.717) is 12.1 Å². The zero-order valence-corrected chi connectivity index (χ0v) is 14.4. The molecule has 8 nitrogen and oxygen atoms in total. The lowest BCUT2D eigenvalue weighted by Crippen LogP contribution is -2.32. The Morgan fingerprint density at radius 3 is 2.58 bits per heavy atom. The Morgan fingerprint density at radius 1 is 1.15 bits per heavy atom. The van der Waals surface area contributed by atoms with Crippen LogP contribution in [0.5, 0.6) is 0 Å². The van der Waals surface area contributed by atoms with Crippen LogP contribution in [0.15, 0.2) is 64.5 Å². The summed E-state index contributed by atoms with van der Waals surface area (Å²) in [6.45, 7) is 0.282. The molecule has 0 aliphatic carbocycles. The van der Waals surface area contributed by atoms with Gasteiger partial charge in [0.1, 0.15) is 11.2 Å². The number of carbonyl (C=O) groups excluding carboxylic acids is 1. The van der Waals surface area contributed by atoms with Gasteiger partial charge in [0.15, 0.2) is 0 Å². The zero-order chi connectivity index (χ0) is 18.7. The molecule has 2 aromatic heterocycles. The second kappa shape index (κ2) is 7.06. The summed E-state index contributed by atoms with van der Waals surface area (Å²) in [5.41, 5.74) is 0.805. The highest BCUT2D eigenvalue weighted by Gasteiger charge is 2.12. The van der Waals surface area contributed by atoms with Crippen molar-refractivity contribution in [2.75, 3.05) is 6.54 Å². The van der Waals surface area contributed by atoms with Gasteiger partial charge in [-0.3, -0.25) is 14.0 Å². The first-order valence-electron chi connectivity index (χ1n) is 7.72. The summed E-state index contributed by atoms with van der Waals surface area (Å²) in [5, 5.41) is 7.71. The fraction of sp³-hybridized carbons (Fsp3) is 0.118. The Hall–Kier alpha value is -3.04. The number of aromatic nitrogens is 2. The topological polar surface area (TPSA) is 124 Å². The van der Waals surface area contributed by atoms with Gasteiger partial charge in [0.05, 0.1) is 4.90 Å². The fourth-order valence-electron chi connectivity index (χ4n) is 2.44. The molecule has 0 saturated heterocycles. The normalized spacial score (nSPS) is 11.4. The first kappa shape index (κ1) is 17.8. The standard InChI is InChI=1S/C17H16N4O4S/c18-26(24,25)13-6-4-12(5-7-13)8-9-19-16(22)14-11-20-15-3-1-2-10-21(15)17(14)23/h1-7,10-11H,8-9H2,(H,19,22)(H2,18,24,25). The van der Waals surface area contributed by atoms with Gasteiger partial charge >= 0.3 is 0 Å². The van der Waals surface area contributed by atoms with Crippen molar-refractivity contribution < 1.29 is 13.2 Å². The molecule has 3 rings (SSSR count). The van der Waals surface area contributed by atoms with Crippen LogP contribution in [0, 0.1) is 0 Å². The second-order valence-corrected chi connectivity index (χ2v) is 7.16. The van der Waals surface area contributed by atoms with Crippen LogP contribution < -0.4 is 16.0 Å². The average Bonchev–Trinajstić information content (AvgIpc) is 2.62. The molecule has 0 bridgehead atoms. The van der Waals surface area contributed by atoms with Crippen LogP contribution >= 0.6 is 0 Å². The summed E-state index contributed by atoms with van der Waals surface area (Å²) in [6.07, 6.45) is 3.28. The third-order valence-corrected chi connectivity index (χ3v) is 4.74. The van der Waals surface area contributed by atoms with E-state index in [2.05, 4.69) is 10.3 Å². The number of hydrogen-bond acceptors (Lipinski definition) is 5. The van der Waals surface area contributed by atoms with Crippen LogP contribution in [-0.2, 0) is 16.4 Å². The van der Waals surface area contributed by atoms with Crippen molar-refractivity contribution >= 4 is 21.6 Å². The van der Waals surface area contributed by atoms with Crippen molar-refractivity contribution in [3.8, 4) is 0 Å². The second-order valence-electron chi connectivity index (χ2n) is 5.60. The van der Waals surface area contributed by atoms with E-state index in [9.17, 15) is 18.0 Å². The Balaban J connectivity index is 1.66. The van der Waals surface area contributed by atoms with E-state index in [1.54, 1.807) is 36.5 Å². The summed E-state index contributed by atoms with van der Waals surface area (Å²) in [7, 11) is -3.73. The SMILES string of the molecule is NS(=O)(=O)c1ccc(CCNC(=O)c2cnc3ccccn3c2=O)cc1. The van der Waals surface area contributed by atoms with Crippen LogP contribution in [0.1, 0.15) is 15.9 Å². The maximum Gasteiger partial charge on any atom is 0.270 e. The maximum atomic E-state index is 12.3. The Labute approximate surface area is 149 Å². The van der Waals surface area contributed by atoms with Crippen LogP contribution in [0.2, 0.25) is 0 Å². The molecule has 0 spiro atoms. The van der Waals surface area contributed by atoms with E-state index in [0.717, 1.165) is 5.56 Å².